The number of amides is 1. The first-order chi connectivity index (χ1) is 15.2. The van der Waals surface area contributed by atoms with Crippen LogP contribution in [-0.4, -0.2) is 34.8 Å². The molecule has 0 bridgehead atoms. The van der Waals surface area contributed by atoms with Crippen LogP contribution in [0.5, 0.6) is 5.75 Å². The van der Waals surface area contributed by atoms with Gasteiger partial charge in [0.05, 0.1) is 13.2 Å². The van der Waals surface area contributed by atoms with Crippen molar-refractivity contribution in [1.82, 2.24) is 10.2 Å². The Morgan fingerprint density at radius 2 is 1.75 bits per heavy atom. The number of methoxy groups -OCH3 is 1. The number of rotatable bonds is 5. The Kier molecular flexibility index (Phi) is 5.38. The number of carbonyl (C=O) groups is 3. The summed E-state index contributed by atoms with van der Waals surface area (Å²) in [6.45, 7) is 5.23. The highest BCUT2D eigenvalue weighted by atomic mass is 16.5. The summed E-state index contributed by atoms with van der Waals surface area (Å²) in [4.78, 5) is 41.0. The zero-order chi connectivity index (χ0) is 23.0. The van der Waals surface area contributed by atoms with Crippen LogP contribution in [-0.2, 0) is 14.4 Å². The van der Waals surface area contributed by atoms with E-state index in [0.29, 0.717) is 28.5 Å². The van der Waals surface area contributed by atoms with E-state index in [1.54, 1.807) is 69.3 Å². The minimum Gasteiger partial charge on any atom is -0.496 e. The fourth-order valence-corrected chi connectivity index (χ4v) is 3.97. The minimum atomic E-state index is -1.14. The van der Waals surface area contributed by atoms with Crippen molar-refractivity contribution in [1.29, 1.82) is 0 Å². The Labute approximate surface area is 185 Å². The van der Waals surface area contributed by atoms with E-state index >= 15 is 0 Å². The van der Waals surface area contributed by atoms with Crippen molar-refractivity contribution in [2.24, 2.45) is 11.3 Å². The first-order valence-corrected chi connectivity index (χ1v) is 10.1. The standard InChI is InChI=1S/C24H23N3O5/c1-24(2,3)21(29)18-19(16-7-5-6-8-17(16)31-4)27(23(30)20(18)28)15-11-9-14(10-12-15)22-26-25-13-32-22/h5-13,18-19H,1-4H3. The van der Waals surface area contributed by atoms with E-state index in [2.05, 4.69) is 10.2 Å². The van der Waals surface area contributed by atoms with Crippen LogP contribution in [0, 0.1) is 11.3 Å². The van der Waals surface area contributed by atoms with Gasteiger partial charge in [0.15, 0.2) is 5.78 Å². The van der Waals surface area contributed by atoms with Crippen molar-refractivity contribution < 1.29 is 23.5 Å². The summed E-state index contributed by atoms with van der Waals surface area (Å²) < 4.78 is 10.7. The largest absolute Gasteiger partial charge is 0.496 e. The number of ketones is 2. The third kappa shape index (κ3) is 3.57. The molecule has 0 N–H and O–H groups in total. The quantitative estimate of drug-likeness (QED) is 0.447. The second-order valence-electron chi connectivity index (χ2n) is 8.61. The maximum atomic E-state index is 13.3. The molecule has 1 aliphatic heterocycles. The van der Waals surface area contributed by atoms with Gasteiger partial charge in [-0.2, -0.15) is 0 Å². The van der Waals surface area contributed by atoms with Gasteiger partial charge >= 0.3 is 0 Å². The Morgan fingerprint density at radius 3 is 2.34 bits per heavy atom. The number of anilines is 1. The fourth-order valence-electron chi connectivity index (χ4n) is 3.97. The highest BCUT2D eigenvalue weighted by Crippen LogP contribution is 2.45. The molecule has 2 heterocycles. The maximum Gasteiger partial charge on any atom is 0.295 e. The number of nitrogens with zero attached hydrogens (tertiary/aromatic N) is 3. The topological polar surface area (TPSA) is 103 Å². The fraction of sp³-hybridized carbons (Fsp3) is 0.292. The van der Waals surface area contributed by atoms with Gasteiger partial charge in [-0.25, -0.2) is 0 Å². The first-order valence-electron chi connectivity index (χ1n) is 10.1. The summed E-state index contributed by atoms with van der Waals surface area (Å²) in [7, 11) is 1.52. The molecule has 8 nitrogen and oxygen atoms in total. The molecule has 1 amide bonds. The molecule has 1 saturated heterocycles. The Balaban J connectivity index is 1.85. The smallest absolute Gasteiger partial charge is 0.295 e. The lowest BCUT2D eigenvalue weighted by molar-refractivity contribution is -0.141. The van der Waals surface area contributed by atoms with Crippen LogP contribution in [0.1, 0.15) is 32.4 Å². The molecule has 3 aromatic rings. The van der Waals surface area contributed by atoms with Gasteiger partial charge in [0.25, 0.3) is 5.91 Å². The number of ether oxygens (including phenoxy) is 1. The van der Waals surface area contributed by atoms with Gasteiger partial charge in [0.2, 0.25) is 18.1 Å². The van der Waals surface area contributed by atoms with Gasteiger partial charge < -0.3 is 9.15 Å². The summed E-state index contributed by atoms with van der Waals surface area (Å²) in [5.41, 5.74) is 0.934. The van der Waals surface area contributed by atoms with E-state index in [1.165, 1.54) is 18.4 Å². The molecular weight excluding hydrogens is 410 g/mol. The van der Waals surface area contributed by atoms with E-state index in [4.69, 9.17) is 9.15 Å². The van der Waals surface area contributed by atoms with Crippen LogP contribution in [0.15, 0.2) is 59.3 Å². The van der Waals surface area contributed by atoms with Crippen molar-refractivity contribution >= 4 is 23.2 Å². The monoisotopic (exact) mass is 433 g/mol. The summed E-state index contributed by atoms with van der Waals surface area (Å²) in [6.07, 6.45) is 1.23. The van der Waals surface area contributed by atoms with Crippen molar-refractivity contribution in [3.8, 4) is 17.2 Å². The number of carbonyl (C=O) groups excluding carboxylic acids is 3. The highest BCUT2D eigenvalue weighted by molar-refractivity contribution is 6.48. The SMILES string of the molecule is COc1ccccc1C1C(C(=O)C(C)(C)C)C(=O)C(=O)N1c1ccc(-c2nnco2)cc1. The number of benzene rings is 2. The Morgan fingerprint density at radius 1 is 1.06 bits per heavy atom. The molecule has 1 aromatic heterocycles. The number of hydrogen-bond donors (Lipinski definition) is 0. The second-order valence-corrected chi connectivity index (χ2v) is 8.61. The van der Waals surface area contributed by atoms with Gasteiger partial charge in [-0.05, 0) is 30.3 Å². The molecule has 4 rings (SSSR count). The predicted octanol–water partition coefficient (Wildman–Crippen LogP) is 3.63. The zero-order valence-corrected chi connectivity index (χ0v) is 18.2. The average Bonchev–Trinajstić information content (AvgIpc) is 3.40. The van der Waals surface area contributed by atoms with Crippen LogP contribution >= 0.6 is 0 Å². The minimum absolute atomic E-state index is 0.295. The van der Waals surface area contributed by atoms with Crippen LogP contribution < -0.4 is 9.64 Å². The number of para-hydroxylation sites is 1. The highest BCUT2D eigenvalue weighted by Gasteiger charge is 2.54. The lowest BCUT2D eigenvalue weighted by Gasteiger charge is -2.30. The van der Waals surface area contributed by atoms with Crippen LogP contribution in [0.3, 0.4) is 0 Å². The molecule has 2 unspecified atom stereocenters. The summed E-state index contributed by atoms with van der Waals surface area (Å²) >= 11 is 0. The molecule has 0 radical (unpaired) electrons. The maximum absolute atomic E-state index is 13.3. The van der Waals surface area contributed by atoms with Crippen molar-refractivity contribution in [3.63, 3.8) is 0 Å². The molecular formula is C24H23N3O5. The number of hydrogen-bond acceptors (Lipinski definition) is 7. The molecule has 0 aliphatic carbocycles. The molecule has 0 saturated carbocycles. The van der Waals surface area contributed by atoms with Gasteiger partial charge in [0, 0.05) is 22.2 Å². The third-order valence-electron chi connectivity index (χ3n) is 5.54. The average molecular weight is 433 g/mol. The molecule has 2 atom stereocenters. The van der Waals surface area contributed by atoms with Crippen molar-refractivity contribution in [2.45, 2.75) is 26.8 Å². The lowest BCUT2D eigenvalue weighted by Crippen LogP contribution is -2.36. The van der Waals surface area contributed by atoms with E-state index in [-0.39, 0.29) is 5.78 Å². The molecule has 2 aromatic carbocycles. The molecule has 32 heavy (non-hydrogen) atoms. The molecule has 1 fully saturated rings. The first kappa shape index (κ1) is 21.4. The van der Waals surface area contributed by atoms with Crippen molar-refractivity contribution in [3.05, 3.63) is 60.5 Å². The van der Waals surface area contributed by atoms with Crippen LogP contribution in [0.4, 0.5) is 5.69 Å². The molecule has 1 aliphatic rings. The second kappa shape index (κ2) is 8.03. The lowest BCUT2D eigenvalue weighted by atomic mass is 9.77. The molecule has 164 valence electrons. The Hall–Kier alpha value is -3.81. The molecule has 8 heteroatoms. The zero-order valence-electron chi connectivity index (χ0n) is 18.2. The number of aromatic nitrogens is 2. The van der Waals surface area contributed by atoms with Crippen LogP contribution in [0.25, 0.3) is 11.5 Å². The summed E-state index contributed by atoms with van der Waals surface area (Å²) in [5, 5.41) is 7.54. The van der Waals surface area contributed by atoms with E-state index in [9.17, 15) is 14.4 Å². The van der Waals surface area contributed by atoms with Gasteiger partial charge in [0.1, 0.15) is 11.7 Å². The van der Waals surface area contributed by atoms with Crippen LogP contribution in [0.2, 0.25) is 0 Å². The summed E-state index contributed by atoms with van der Waals surface area (Å²) in [6, 6.07) is 13.1. The van der Waals surface area contributed by atoms with Gasteiger partial charge in [-0.1, -0.05) is 39.0 Å². The van der Waals surface area contributed by atoms with E-state index in [0.717, 1.165) is 0 Å². The number of Topliss-reactive ketones (excluding diaryl/α,β-unsaturated/α-hetero) is 2. The third-order valence-corrected chi connectivity index (χ3v) is 5.54. The Bertz CT molecular complexity index is 1160. The van der Waals surface area contributed by atoms with E-state index < -0.39 is 29.1 Å². The van der Waals surface area contributed by atoms with Gasteiger partial charge in [-0.15, -0.1) is 10.2 Å². The van der Waals surface area contributed by atoms with E-state index in [1.807, 2.05) is 0 Å². The molecule has 0 spiro atoms. The van der Waals surface area contributed by atoms with Gasteiger partial charge in [-0.3, -0.25) is 19.3 Å². The van der Waals surface area contributed by atoms with Crippen molar-refractivity contribution in [2.75, 3.05) is 12.0 Å². The summed E-state index contributed by atoms with van der Waals surface area (Å²) in [5.74, 6) is -2.05. The normalized spacial score (nSPS) is 18.8. The predicted molar refractivity (Wildman–Crippen MR) is 116 cm³/mol.